The van der Waals surface area contributed by atoms with Gasteiger partial charge in [-0.05, 0) is 19.1 Å². The molecule has 24 heavy (non-hydrogen) atoms. The SMILES string of the molecule is CCOCn1cnc(N2CCN(C3=CCC(F)C=C3)CC2)nc1=O. The molecule has 7 nitrogen and oxygen atoms in total. The van der Waals surface area contributed by atoms with Gasteiger partial charge in [0, 0.05) is 44.9 Å². The number of aromatic nitrogens is 3. The summed E-state index contributed by atoms with van der Waals surface area (Å²) in [5.74, 6) is 0.449. The fourth-order valence-corrected chi connectivity index (χ4v) is 2.76. The maximum Gasteiger partial charge on any atom is 0.353 e. The molecule has 1 saturated heterocycles. The predicted molar refractivity (Wildman–Crippen MR) is 88.4 cm³/mol. The molecule has 0 N–H and O–H groups in total. The molecule has 1 atom stereocenters. The van der Waals surface area contributed by atoms with Crippen LogP contribution in [-0.2, 0) is 11.5 Å². The first-order valence-electron chi connectivity index (χ1n) is 8.21. The second kappa shape index (κ2) is 7.57. The molecule has 0 bridgehead atoms. The lowest BCUT2D eigenvalue weighted by molar-refractivity contribution is 0.0835. The Bertz CT molecular complexity index is 679. The number of ether oxygens (including phenoxy) is 1. The highest BCUT2D eigenvalue weighted by Crippen LogP contribution is 2.19. The van der Waals surface area contributed by atoms with Crippen LogP contribution in [0, 0.1) is 0 Å². The van der Waals surface area contributed by atoms with Gasteiger partial charge in [-0.15, -0.1) is 0 Å². The summed E-state index contributed by atoms with van der Waals surface area (Å²) in [7, 11) is 0. The van der Waals surface area contributed by atoms with Crippen LogP contribution in [-0.4, -0.2) is 58.4 Å². The summed E-state index contributed by atoms with van der Waals surface area (Å²) in [5, 5.41) is 0. The van der Waals surface area contributed by atoms with Crippen LogP contribution >= 0.6 is 0 Å². The van der Waals surface area contributed by atoms with E-state index in [-0.39, 0.29) is 12.4 Å². The molecule has 1 aliphatic carbocycles. The second-order valence-electron chi connectivity index (χ2n) is 5.74. The third-order valence-corrected chi connectivity index (χ3v) is 4.14. The number of allylic oxidation sites excluding steroid dienone is 3. The molecule has 3 rings (SSSR count). The zero-order chi connectivity index (χ0) is 16.9. The third kappa shape index (κ3) is 3.81. The van der Waals surface area contributed by atoms with Crippen molar-refractivity contribution in [1.82, 2.24) is 19.4 Å². The van der Waals surface area contributed by atoms with Gasteiger partial charge in [0.25, 0.3) is 0 Å². The van der Waals surface area contributed by atoms with Crippen LogP contribution in [0.3, 0.4) is 0 Å². The number of halogens is 1. The van der Waals surface area contributed by atoms with E-state index in [1.54, 1.807) is 6.08 Å². The number of alkyl halides is 1. The summed E-state index contributed by atoms with van der Waals surface area (Å²) in [6.07, 6.45) is 6.42. The zero-order valence-corrected chi connectivity index (χ0v) is 13.8. The smallest absolute Gasteiger partial charge is 0.353 e. The van der Waals surface area contributed by atoms with Gasteiger partial charge in [-0.25, -0.2) is 14.2 Å². The summed E-state index contributed by atoms with van der Waals surface area (Å²) in [6, 6.07) is 0. The van der Waals surface area contributed by atoms with Gasteiger partial charge in [-0.3, -0.25) is 4.57 Å². The molecular formula is C16H22FN5O2. The van der Waals surface area contributed by atoms with E-state index in [4.69, 9.17) is 4.74 Å². The van der Waals surface area contributed by atoms with E-state index >= 15 is 0 Å². The van der Waals surface area contributed by atoms with Crippen molar-refractivity contribution in [3.05, 3.63) is 40.7 Å². The molecule has 0 amide bonds. The third-order valence-electron chi connectivity index (χ3n) is 4.14. The summed E-state index contributed by atoms with van der Waals surface area (Å²) in [5.41, 5.74) is 0.708. The lowest BCUT2D eigenvalue weighted by Gasteiger charge is -2.37. The van der Waals surface area contributed by atoms with Gasteiger partial charge in [-0.2, -0.15) is 4.98 Å². The first-order chi connectivity index (χ1) is 11.7. The zero-order valence-electron chi connectivity index (χ0n) is 13.8. The molecule has 1 aromatic heterocycles. The first kappa shape index (κ1) is 16.6. The Labute approximate surface area is 140 Å². The van der Waals surface area contributed by atoms with Crippen molar-refractivity contribution in [2.75, 3.05) is 37.7 Å². The fraction of sp³-hybridized carbons (Fsp3) is 0.562. The number of hydrogen-bond donors (Lipinski definition) is 0. The van der Waals surface area contributed by atoms with Crippen molar-refractivity contribution in [3.63, 3.8) is 0 Å². The van der Waals surface area contributed by atoms with Gasteiger partial charge >= 0.3 is 5.69 Å². The molecule has 0 saturated carbocycles. The van der Waals surface area contributed by atoms with Crippen molar-refractivity contribution in [2.45, 2.75) is 26.2 Å². The van der Waals surface area contributed by atoms with Gasteiger partial charge in [0.05, 0.1) is 0 Å². The Morgan fingerprint density at radius 3 is 2.67 bits per heavy atom. The standard InChI is InChI=1S/C16H22FN5O2/c1-2-24-12-22-11-18-15(19-16(22)23)21-9-7-20(8-10-21)14-5-3-13(17)4-6-14/h3,5-6,11,13H,2,4,7-10,12H2,1H3. The summed E-state index contributed by atoms with van der Waals surface area (Å²) < 4.78 is 19.7. The molecule has 130 valence electrons. The Morgan fingerprint density at radius 1 is 1.29 bits per heavy atom. The number of rotatable bonds is 5. The highest BCUT2D eigenvalue weighted by atomic mass is 19.1. The van der Waals surface area contributed by atoms with Crippen LogP contribution in [0.4, 0.5) is 10.3 Å². The van der Waals surface area contributed by atoms with Crippen molar-refractivity contribution in [1.29, 1.82) is 0 Å². The maximum absolute atomic E-state index is 13.1. The lowest BCUT2D eigenvalue weighted by atomic mass is 10.1. The van der Waals surface area contributed by atoms with Gasteiger partial charge in [-0.1, -0.05) is 6.08 Å². The van der Waals surface area contributed by atoms with Crippen LogP contribution in [0.1, 0.15) is 13.3 Å². The van der Waals surface area contributed by atoms with Gasteiger partial charge in [0.2, 0.25) is 5.95 Å². The lowest BCUT2D eigenvalue weighted by Crippen LogP contribution is -2.47. The molecule has 1 unspecified atom stereocenters. The van der Waals surface area contributed by atoms with Crippen LogP contribution < -0.4 is 10.6 Å². The normalized spacial score (nSPS) is 21.1. The van der Waals surface area contributed by atoms with Crippen molar-refractivity contribution in [3.8, 4) is 0 Å². The molecule has 0 spiro atoms. The van der Waals surface area contributed by atoms with E-state index < -0.39 is 6.17 Å². The van der Waals surface area contributed by atoms with Gasteiger partial charge in [0.15, 0.2) is 0 Å². The Hall–Kier alpha value is -2.22. The molecule has 2 aliphatic rings. The topological polar surface area (TPSA) is 63.5 Å². The van der Waals surface area contributed by atoms with Crippen molar-refractivity contribution in [2.24, 2.45) is 0 Å². The number of piperazine rings is 1. The Morgan fingerprint density at radius 2 is 2.04 bits per heavy atom. The molecule has 0 aromatic carbocycles. The molecule has 1 aliphatic heterocycles. The minimum Gasteiger partial charge on any atom is -0.368 e. The highest BCUT2D eigenvalue weighted by Gasteiger charge is 2.21. The van der Waals surface area contributed by atoms with Crippen LogP contribution in [0.2, 0.25) is 0 Å². The molecular weight excluding hydrogens is 313 g/mol. The average molecular weight is 335 g/mol. The monoisotopic (exact) mass is 335 g/mol. The predicted octanol–water partition coefficient (Wildman–Crippen LogP) is 0.936. The summed E-state index contributed by atoms with van der Waals surface area (Å²) >= 11 is 0. The summed E-state index contributed by atoms with van der Waals surface area (Å²) in [4.78, 5) is 24.5. The van der Waals surface area contributed by atoms with Gasteiger partial charge in [0.1, 0.15) is 19.2 Å². The number of anilines is 1. The van der Waals surface area contributed by atoms with E-state index in [9.17, 15) is 9.18 Å². The van der Waals surface area contributed by atoms with E-state index in [0.29, 0.717) is 19.0 Å². The molecule has 1 aromatic rings. The Kier molecular flexibility index (Phi) is 5.24. The largest absolute Gasteiger partial charge is 0.368 e. The second-order valence-corrected chi connectivity index (χ2v) is 5.74. The van der Waals surface area contributed by atoms with E-state index in [1.807, 2.05) is 24.0 Å². The van der Waals surface area contributed by atoms with Crippen molar-refractivity contribution >= 4 is 5.95 Å². The van der Waals surface area contributed by atoms with E-state index in [1.165, 1.54) is 10.9 Å². The number of hydrogen-bond acceptors (Lipinski definition) is 6. The highest BCUT2D eigenvalue weighted by molar-refractivity contribution is 5.31. The molecule has 0 radical (unpaired) electrons. The minimum atomic E-state index is -0.869. The van der Waals surface area contributed by atoms with Gasteiger partial charge < -0.3 is 14.5 Å². The molecule has 1 fully saturated rings. The minimum absolute atomic E-state index is 0.166. The van der Waals surface area contributed by atoms with E-state index in [2.05, 4.69) is 14.9 Å². The first-order valence-corrected chi connectivity index (χ1v) is 8.21. The average Bonchev–Trinajstić information content (AvgIpc) is 2.61. The molecule has 8 heteroatoms. The molecule has 2 heterocycles. The maximum atomic E-state index is 13.1. The fourth-order valence-electron chi connectivity index (χ4n) is 2.76. The quantitative estimate of drug-likeness (QED) is 0.798. The van der Waals surface area contributed by atoms with E-state index in [0.717, 1.165) is 31.9 Å². The number of nitrogens with zero attached hydrogens (tertiary/aromatic N) is 5. The Balaban J connectivity index is 1.60. The summed E-state index contributed by atoms with van der Waals surface area (Å²) in [6.45, 7) is 5.59. The van der Waals surface area contributed by atoms with Crippen molar-refractivity contribution < 1.29 is 9.13 Å². The van der Waals surface area contributed by atoms with Crippen LogP contribution in [0.15, 0.2) is 35.0 Å². The van der Waals surface area contributed by atoms with Crippen LogP contribution in [0.5, 0.6) is 0 Å². The van der Waals surface area contributed by atoms with Crippen LogP contribution in [0.25, 0.3) is 0 Å².